The molecular weight excluding hydrogens is 604 g/mol. The number of aryl methyl sites for hydroxylation is 1. The third-order valence-electron chi connectivity index (χ3n) is 8.19. The first kappa shape index (κ1) is 35.2. The second-order valence-corrected chi connectivity index (χ2v) is 13.7. The van der Waals surface area contributed by atoms with Gasteiger partial charge in [-0.15, -0.1) is 0 Å². The van der Waals surface area contributed by atoms with E-state index in [-0.39, 0.29) is 41.2 Å². The number of benzene rings is 2. The number of carbonyl (C=O) groups excluding carboxylic acids is 3. The monoisotopic (exact) mass is 650 g/mol. The lowest BCUT2D eigenvalue weighted by Crippen LogP contribution is -2.58. The van der Waals surface area contributed by atoms with Crippen molar-refractivity contribution in [2.75, 3.05) is 20.7 Å². The zero-order chi connectivity index (χ0) is 34.7. The molecule has 0 bridgehead atoms. The van der Waals surface area contributed by atoms with E-state index in [2.05, 4.69) is 10.3 Å². The van der Waals surface area contributed by atoms with Crippen LogP contribution in [0.3, 0.4) is 0 Å². The summed E-state index contributed by atoms with van der Waals surface area (Å²) in [6, 6.07) is 11.3. The summed E-state index contributed by atoms with van der Waals surface area (Å²) in [5.74, 6) is -1.42. The fourth-order valence-electron chi connectivity index (χ4n) is 5.57. The maximum atomic E-state index is 14.0. The van der Waals surface area contributed by atoms with Crippen LogP contribution in [0.15, 0.2) is 46.9 Å². The second-order valence-electron chi connectivity index (χ2n) is 13.7. The van der Waals surface area contributed by atoms with Crippen molar-refractivity contribution in [3.63, 3.8) is 0 Å². The number of aromatic carboxylic acids is 1. The first-order valence-corrected chi connectivity index (χ1v) is 15.9. The fraction of sp³-hybridized carbons (Fsp3) is 0.514. The number of rotatable bonds is 13. The number of carbonyl (C=O) groups is 4. The molecule has 1 aliphatic rings. The van der Waals surface area contributed by atoms with Gasteiger partial charge in [-0.05, 0) is 70.1 Å². The van der Waals surface area contributed by atoms with Crippen molar-refractivity contribution in [3.05, 3.63) is 59.5 Å². The van der Waals surface area contributed by atoms with Crippen LogP contribution in [-0.4, -0.2) is 87.7 Å². The highest BCUT2D eigenvalue weighted by Crippen LogP contribution is 2.42. The predicted octanol–water partition coefficient (Wildman–Crippen LogP) is 5.21. The average molecular weight is 651 g/mol. The van der Waals surface area contributed by atoms with Gasteiger partial charge in [-0.1, -0.05) is 44.2 Å². The van der Waals surface area contributed by atoms with Crippen LogP contribution in [0.5, 0.6) is 5.75 Å². The molecule has 47 heavy (non-hydrogen) atoms. The summed E-state index contributed by atoms with van der Waals surface area (Å²) in [5.41, 5.74) is -0.536. The molecule has 0 saturated heterocycles. The lowest BCUT2D eigenvalue weighted by Gasteiger charge is -2.36. The summed E-state index contributed by atoms with van der Waals surface area (Å²) >= 11 is 0. The Morgan fingerprint density at radius 3 is 2.30 bits per heavy atom. The van der Waals surface area contributed by atoms with Gasteiger partial charge in [-0.2, -0.15) is 0 Å². The third-order valence-corrected chi connectivity index (χ3v) is 8.19. The Labute approximate surface area is 275 Å². The zero-order valence-corrected chi connectivity index (χ0v) is 28.5. The number of amides is 3. The molecule has 0 spiro atoms. The van der Waals surface area contributed by atoms with Gasteiger partial charge in [0.1, 0.15) is 40.6 Å². The van der Waals surface area contributed by atoms with E-state index in [1.54, 1.807) is 47.9 Å². The van der Waals surface area contributed by atoms with Gasteiger partial charge >= 0.3 is 12.1 Å². The maximum absolute atomic E-state index is 14.0. The minimum absolute atomic E-state index is 0.0510. The number of ether oxygens (including phenoxy) is 2. The molecule has 1 aromatic heterocycles. The van der Waals surface area contributed by atoms with Crippen LogP contribution in [0.2, 0.25) is 0 Å². The van der Waals surface area contributed by atoms with Gasteiger partial charge in [0.25, 0.3) is 0 Å². The Hall–Kier alpha value is -4.61. The molecule has 2 atom stereocenters. The van der Waals surface area contributed by atoms with E-state index in [1.165, 1.54) is 15.9 Å². The van der Waals surface area contributed by atoms with Gasteiger partial charge in [-0.3, -0.25) is 14.5 Å². The second kappa shape index (κ2) is 14.0. The molecule has 1 saturated carbocycles. The number of hydrogen-bond acceptors (Lipinski definition) is 8. The van der Waals surface area contributed by atoms with Crippen LogP contribution in [-0.2, 0) is 20.7 Å². The van der Waals surface area contributed by atoms with E-state index >= 15 is 0 Å². The van der Waals surface area contributed by atoms with Crippen molar-refractivity contribution >= 4 is 35.0 Å². The fourth-order valence-corrected chi connectivity index (χ4v) is 5.57. The van der Waals surface area contributed by atoms with Crippen LogP contribution >= 0.6 is 0 Å². The van der Waals surface area contributed by atoms with E-state index in [0.717, 1.165) is 5.56 Å². The summed E-state index contributed by atoms with van der Waals surface area (Å²) in [6.45, 7) is 10.8. The Bertz CT molecular complexity index is 1610. The van der Waals surface area contributed by atoms with Crippen molar-refractivity contribution in [3.8, 4) is 5.75 Å². The highest BCUT2D eigenvalue weighted by atomic mass is 16.6. The normalized spacial score (nSPS) is 15.1. The van der Waals surface area contributed by atoms with Crippen LogP contribution in [0.4, 0.5) is 4.79 Å². The summed E-state index contributed by atoms with van der Waals surface area (Å²) < 4.78 is 17.1. The van der Waals surface area contributed by atoms with Crippen molar-refractivity contribution < 1.29 is 38.2 Å². The lowest BCUT2D eigenvalue weighted by atomic mass is 10.0. The lowest BCUT2D eigenvalue weighted by molar-refractivity contribution is -0.144. The number of nitrogens with one attached hydrogen (secondary N) is 1. The van der Waals surface area contributed by atoms with E-state index in [1.807, 2.05) is 44.2 Å². The molecule has 12 heteroatoms. The van der Waals surface area contributed by atoms with Gasteiger partial charge in [0.05, 0.1) is 6.04 Å². The van der Waals surface area contributed by atoms with Crippen LogP contribution < -0.4 is 10.1 Å². The molecule has 3 aromatic rings. The van der Waals surface area contributed by atoms with Crippen molar-refractivity contribution in [1.82, 2.24) is 20.1 Å². The molecule has 2 unspecified atom stereocenters. The molecule has 1 aliphatic carbocycles. The molecular formula is C35H46N4O8. The van der Waals surface area contributed by atoms with Gasteiger partial charge < -0.3 is 29.2 Å². The molecule has 12 nitrogen and oxygen atoms in total. The number of aromatic nitrogens is 1. The number of nitrogens with zero attached hydrogens (tertiary/aromatic N) is 3. The Morgan fingerprint density at radius 1 is 1.06 bits per heavy atom. The maximum Gasteiger partial charge on any atom is 0.410 e. The third kappa shape index (κ3) is 8.41. The van der Waals surface area contributed by atoms with Crippen LogP contribution in [0.1, 0.15) is 75.7 Å². The summed E-state index contributed by atoms with van der Waals surface area (Å²) in [6.07, 6.45) is 1.08. The molecule has 0 radical (unpaired) electrons. The minimum atomic E-state index is -1.23. The molecule has 1 heterocycles. The van der Waals surface area contributed by atoms with Crippen LogP contribution in [0, 0.1) is 12.8 Å². The highest BCUT2D eigenvalue weighted by molar-refractivity contribution is 6.03. The van der Waals surface area contributed by atoms with E-state index in [4.69, 9.17) is 13.9 Å². The Kier molecular flexibility index (Phi) is 10.5. The number of oxazole rings is 1. The quantitative estimate of drug-likeness (QED) is 0.254. The molecule has 0 aliphatic heterocycles. The summed E-state index contributed by atoms with van der Waals surface area (Å²) in [5, 5.41) is 13.0. The first-order valence-electron chi connectivity index (χ1n) is 15.9. The SMILES string of the molecule is Cc1nc2ccc(OCC(Cc3ccccc3)NC(=O)C3(N(C)C(=O)C(CC(C)C)N(C)C(=O)OC(C)(C)C)CC3)c(C(=O)O)c2o1. The standard InChI is InChI=1S/C35H46N4O8/c1-21(2)18-26(38(7)33(44)47-34(4,5)6)30(40)39(8)35(16-17-35)32(43)37-24(19-23-12-10-9-11-13-23)20-45-27-15-14-25-29(28(27)31(41)42)46-22(3)36-25/h9-15,21,24,26H,16-20H2,1-8H3,(H,37,43)(H,41,42). The molecule has 1 fully saturated rings. The molecule has 254 valence electrons. The summed E-state index contributed by atoms with van der Waals surface area (Å²) in [7, 11) is 3.14. The molecule has 3 amide bonds. The van der Waals surface area contributed by atoms with Crippen molar-refractivity contribution in [1.29, 1.82) is 0 Å². The molecule has 2 aromatic carbocycles. The average Bonchev–Trinajstić information content (AvgIpc) is 3.72. The van der Waals surface area contributed by atoms with Crippen LogP contribution in [0.25, 0.3) is 11.1 Å². The van der Waals surface area contributed by atoms with Crippen molar-refractivity contribution in [2.45, 2.75) is 90.4 Å². The number of carboxylic acids is 1. The van der Waals surface area contributed by atoms with Gasteiger partial charge in [0.2, 0.25) is 11.8 Å². The van der Waals surface area contributed by atoms with E-state index in [0.29, 0.717) is 37.1 Å². The number of hydrogen-bond donors (Lipinski definition) is 2. The topological polar surface area (TPSA) is 152 Å². The van der Waals surface area contributed by atoms with E-state index < -0.39 is 35.3 Å². The van der Waals surface area contributed by atoms with Crippen molar-refractivity contribution in [2.24, 2.45) is 5.92 Å². The van der Waals surface area contributed by atoms with Gasteiger partial charge in [-0.25, -0.2) is 14.6 Å². The first-order chi connectivity index (χ1) is 22.0. The number of likely N-dealkylation sites (N-methyl/N-ethyl adjacent to an activating group) is 2. The smallest absolute Gasteiger partial charge is 0.410 e. The zero-order valence-electron chi connectivity index (χ0n) is 28.5. The van der Waals surface area contributed by atoms with Gasteiger partial charge in [0, 0.05) is 21.0 Å². The minimum Gasteiger partial charge on any atom is -0.490 e. The predicted molar refractivity (Wildman–Crippen MR) is 175 cm³/mol. The van der Waals surface area contributed by atoms with Gasteiger partial charge in [0.15, 0.2) is 11.5 Å². The Balaban J connectivity index is 1.55. The Morgan fingerprint density at radius 2 is 1.72 bits per heavy atom. The molecule has 4 rings (SSSR count). The number of carboxylic acid groups (broad SMARTS) is 1. The van der Waals surface area contributed by atoms with E-state index in [9.17, 15) is 24.3 Å². The largest absolute Gasteiger partial charge is 0.490 e. The highest BCUT2D eigenvalue weighted by Gasteiger charge is 2.56. The number of fused-ring (bicyclic) bond motifs is 1. The molecule has 2 N–H and O–H groups in total. The summed E-state index contributed by atoms with van der Waals surface area (Å²) in [4.78, 5) is 60.1.